The van der Waals surface area contributed by atoms with Gasteiger partial charge in [-0.25, -0.2) is 0 Å². The van der Waals surface area contributed by atoms with Crippen molar-refractivity contribution in [3.05, 3.63) is 58.0 Å². The minimum Gasteiger partial charge on any atom is -0.494 e. The van der Waals surface area contributed by atoms with Crippen LogP contribution in [0.2, 0.25) is 0 Å². The van der Waals surface area contributed by atoms with Crippen LogP contribution in [0.25, 0.3) is 0 Å². The highest BCUT2D eigenvalue weighted by atomic mass is 32.2. The summed E-state index contributed by atoms with van der Waals surface area (Å²) >= 11 is 0. The molecule has 1 aromatic carbocycles. The molecule has 0 radical (unpaired) electrons. The number of rotatable bonds is 11. The van der Waals surface area contributed by atoms with Gasteiger partial charge >= 0.3 is 0 Å². The van der Waals surface area contributed by atoms with E-state index in [1.54, 1.807) is 6.20 Å². The van der Waals surface area contributed by atoms with Gasteiger partial charge in [-0.15, -0.1) is 0 Å². The molecule has 1 aromatic heterocycles. The van der Waals surface area contributed by atoms with Crippen molar-refractivity contribution in [3.8, 4) is 11.5 Å². The zero-order valence-corrected chi connectivity index (χ0v) is 16.3. The Morgan fingerprint density at radius 2 is 1.85 bits per heavy atom. The molecule has 1 atom stereocenters. The Labute approximate surface area is 157 Å². The van der Waals surface area contributed by atoms with E-state index in [0.29, 0.717) is 36.2 Å². The van der Waals surface area contributed by atoms with Crippen molar-refractivity contribution < 1.29 is 13.7 Å². The number of aromatic amines is 1. The number of pyridine rings is 1. The number of ether oxygens (including phenoxy) is 2. The molecule has 0 saturated carbocycles. The maximum atomic E-state index is 12.2. The van der Waals surface area contributed by atoms with Crippen molar-refractivity contribution in [1.82, 2.24) is 4.98 Å². The summed E-state index contributed by atoms with van der Waals surface area (Å²) in [6.07, 6.45) is 4.07. The number of nitrogens with one attached hydrogen (secondary N) is 1. The highest BCUT2D eigenvalue weighted by molar-refractivity contribution is 7.84. The van der Waals surface area contributed by atoms with E-state index in [1.165, 1.54) is 11.6 Å². The SMILES string of the molecule is CCCOc1c[nH]c(CS(=O)CCCCOc2ccc(C)cc2)cc1=O. The zero-order valence-electron chi connectivity index (χ0n) is 15.5. The molecule has 0 fully saturated rings. The zero-order chi connectivity index (χ0) is 18.8. The number of hydrogen-bond acceptors (Lipinski definition) is 4. The van der Waals surface area contributed by atoms with Gasteiger partial charge in [0.25, 0.3) is 0 Å². The summed E-state index contributed by atoms with van der Waals surface area (Å²) in [6, 6.07) is 9.42. The van der Waals surface area contributed by atoms with Gasteiger partial charge in [0, 0.05) is 34.5 Å². The molecule has 0 saturated heterocycles. The van der Waals surface area contributed by atoms with Gasteiger partial charge in [-0.1, -0.05) is 24.6 Å². The molecular formula is C20H27NO4S. The first-order valence-electron chi connectivity index (χ1n) is 8.97. The van der Waals surface area contributed by atoms with Crippen LogP contribution in [-0.4, -0.2) is 28.2 Å². The molecule has 2 rings (SSSR count). The summed E-state index contributed by atoms with van der Waals surface area (Å²) in [7, 11) is -1.01. The lowest BCUT2D eigenvalue weighted by molar-refractivity contribution is 0.309. The lowest BCUT2D eigenvalue weighted by atomic mass is 10.2. The monoisotopic (exact) mass is 377 g/mol. The second-order valence-corrected chi connectivity index (χ2v) is 7.77. The molecule has 0 amide bonds. The molecule has 6 heteroatoms. The van der Waals surface area contributed by atoms with E-state index in [4.69, 9.17) is 9.47 Å². The molecule has 1 unspecified atom stereocenters. The summed E-state index contributed by atoms with van der Waals surface area (Å²) in [5.74, 6) is 2.12. The summed E-state index contributed by atoms with van der Waals surface area (Å²) in [4.78, 5) is 14.9. The molecular weight excluding hydrogens is 350 g/mol. The first-order valence-corrected chi connectivity index (χ1v) is 10.5. The predicted molar refractivity (Wildman–Crippen MR) is 105 cm³/mol. The fourth-order valence-corrected chi connectivity index (χ4v) is 3.53. The first-order chi connectivity index (χ1) is 12.6. The van der Waals surface area contributed by atoms with Gasteiger partial charge in [0.05, 0.1) is 19.0 Å². The Balaban J connectivity index is 1.67. The number of unbranched alkanes of at least 4 members (excludes halogenated alkanes) is 1. The van der Waals surface area contributed by atoms with Crippen molar-refractivity contribution in [1.29, 1.82) is 0 Å². The molecule has 2 aromatic rings. The van der Waals surface area contributed by atoms with E-state index in [2.05, 4.69) is 4.98 Å². The molecule has 1 N–H and O–H groups in total. The Bertz CT molecular complexity index is 755. The van der Waals surface area contributed by atoms with Crippen LogP contribution >= 0.6 is 0 Å². The predicted octanol–water partition coefficient (Wildman–Crippen LogP) is 3.58. The van der Waals surface area contributed by atoms with Crippen LogP contribution in [0.5, 0.6) is 11.5 Å². The number of aromatic nitrogens is 1. The Kier molecular flexibility index (Phi) is 8.41. The average molecular weight is 378 g/mol. The molecule has 0 aliphatic heterocycles. The summed E-state index contributed by atoms with van der Waals surface area (Å²) in [6.45, 7) is 5.15. The van der Waals surface area contributed by atoms with Gasteiger partial charge in [-0.3, -0.25) is 9.00 Å². The van der Waals surface area contributed by atoms with E-state index >= 15 is 0 Å². The van der Waals surface area contributed by atoms with E-state index < -0.39 is 10.8 Å². The quantitative estimate of drug-likeness (QED) is 0.608. The first kappa shape index (κ1) is 20.2. The Hall–Kier alpha value is -2.08. The molecule has 142 valence electrons. The van der Waals surface area contributed by atoms with Crippen LogP contribution in [0.15, 0.2) is 41.3 Å². The van der Waals surface area contributed by atoms with E-state index in [-0.39, 0.29) is 5.43 Å². The van der Waals surface area contributed by atoms with Crippen LogP contribution in [-0.2, 0) is 16.6 Å². The third kappa shape index (κ3) is 7.04. The second kappa shape index (κ2) is 10.8. The second-order valence-electron chi connectivity index (χ2n) is 6.19. The summed E-state index contributed by atoms with van der Waals surface area (Å²) in [5.41, 5.74) is 1.71. The maximum absolute atomic E-state index is 12.2. The van der Waals surface area contributed by atoms with Crippen LogP contribution in [0.1, 0.15) is 37.4 Å². The fraction of sp³-hybridized carbons (Fsp3) is 0.450. The number of hydrogen-bond donors (Lipinski definition) is 1. The number of H-pyrrole nitrogens is 1. The smallest absolute Gasteiger partial charge is 0.223 e. The largest absolute Gasteiger partial charge is 0.494 e. The molecule has 5 nitrogen and oxygen atoms in total. The van der Waals surface area contributed by atoms with Gasteiger partial charge in [0.15, 0.2) is 5.75 Å². The highest BCUT2D eigenvalue weighted by Crippen LogP contribution is 2.12. The number of benzene rings is 1. The van der Waals surface area contributed by atoms with Gasteiger partial charge in [0.1, 0.15) is 5.75 Å². The molecule has 0 bridgehead atoms. The molecule has 0 aliphatic rings. The van der Waals surface area contributed by atoms with Gasteiger partial charge in [-0.2, -0.15) is 0 Å². The average Bonchev–Trinajstić information content (AvgIpc) is 2.62. The molecule has 1 heterocycles. The third-order valence-electron chi connectivity index (χ3n) is 3.77. The molecule has 26 heavy (non-hydrogen) atoms. The molecule has 0 spiro atoms. The topological polar surface area (TPSA) is 68.4 Å². The van der Waals surface area contributed by atoms with Gasteiger partial charge in [0.2, 0.25) is 5.43 Å². The minimum atomic E-state index is -1.01. The minimum absolute atomic E-state index is 0.171. The standard InChI is InChI=1S/C20H27NO4S/c1-3-10-25-20-14-21-17(13-19(20)22)15-26(23)12-5-4-11-24-18-8-6-16(2)7-9-18/h6-9,13-14H,3-5,10-12,15H2,1-2H3,(H,21,22). The van der Waals surface area contributed by atoms with Crippen molar-refractivity contribution in [2.45, 2.75) is 38.9 Å². The van der Waals surface area contributed by atoms with E-state index in [1.807, 2.05) is 38.1 Å². The van der Waals surface area contributed by atoms with Crippen LogP contribution in [0.4, 0.5) is 0 Å². The highest BCUT2D eigenvalue weighted by Gasteiger charge is 2.06. The Morgan fingerprint density at radius 1 is 1.08 bits per heavy atom. The van der Waals surface area contributed by atoms with Crippen LogP contribution in [0.3, 0.4) is 0 Å². The number of aryl methyl sites for hydroxylation is 1. The van der Waals surface area contributed by atoms with Crippen molar-refractivity contribution in [2.75, 3.05) is 19.0 Å². The van der Waals surface area contributed by atoms with Crippen molar-refractivity contribution in [3.63, 3.8) is 0 Å². The normalized spacial score (nSPS) is 11.9. The Morgan fingerprint density at radius 3 is 2.54 bits per heavy atom. The third-order valence-corrected chi connectivity index (χ3v) is 5.15. The summed E-state index contributed by atoms with van der Waals surface area (Å²) < 4.78 is 23.2. The van der Waals surface area contributed by atoms with Crippen molar-refractivity contribution >= 4 is 10.8 Å². The van der Waals surface area contributed by atoms with E-state index in [9.17, 15) is 9.00 Å². The fourth-order valence-electron chi connectivity index (χ4n) is 2.34. The van der Waals surface area contributed by atoms with Gasteiger partial charge in [-0.05, 0) is 38.3 Å². The lowest BCUT2D eigenvalue weighted by Crippen LogP contribution is -2.12. The van der Waals surface area contributed by atoms with Crippen LogP contribution in [0, 0.1) is 6.92 Å². The van der Waals surface area contributed by atoms with Gasteiger partial charge < -0.3 is 14.5 Å². The lowest BCUT2D eigenvalue weighted by Gasteiger charge is -2.07. The van der Waals surface area contributed by atoms with Crippen LogP contribution < -0.4 is 14.9 Å². The molecule has 0 aliphatic carbocycles. The summed E-state index contributed by atoms with van der Waals surface area (Å²) in [5, 5.41) is 0. The maximum Gasteiger partial charge on any atom is 0.223 e. The van der Waals surface area contributed by atoms with E-state index in [0.717, 1.165) is 25.0 Å². The van der Waals surface area contributed by atoms with Crippen molar-refractivity contribution in [2.24, 2.45) is 0 Å².